The van der Waals surface area contributed by atoms with E-state index in [1.165, 1.54) is 0 Å². The molecule has 0 saturated heterocycles. The van der Waals surface area contributed by atoms with Gasteiger partial charge in [0, 0.05) is 6.42 Å². The average molecular weight is 487 g/mol. The van der Waals surface area contributed by atoms with Crippen LogP contribution in [0.1, 0.15) is 61.3 Å². The molecule has 0 aromatic rings. The molecule has 6 nitrogen and oxygen atoms in total. The predicted octanol–water partition coefficient (Wildman–Crippen LogP) is 6.56. The zero-order valence-corrected chi connectivity index (χ0v) is 24.6. The molecular weight excluding hydrogens is 440 g/mol. The fraction of sp³-hybridized carbons (Fsp3) is 0.750. The minimum atomic E-state index is -1.94. The van der Waals surface area contributed by atoms with Gasteiger partial charge in [-0.05, 0) is 92.8 Å². The first kappa shape index (κ1) is 30.5. The Bertz CT molecular complexity index is 680. The number of Topliss-reactive ketones (excluding diaryl/α,β-unsaturated/α-hetero) is 1. The first-order valence-corrected chi connectivity index (χ1v) is 18.1. The second kappa shape index (κ2) is 11.5. The van der Waals surface area contributed by atoms with E-state index in [0.717, 1.165) is 0 Å². The van der Waals surface area contributed by atoms with E-state index in [0.29, 0.717) is 11.7 Å². The van der Waals surface area contributed by atoms with E-state index >= 15 is 0 Å². The van der Waals surface area contributed by atoms with Crippen molar-refractivity contribution in [1.29, 1.82) is 0 Å². The third kappa shape index (κ3) is 18.1. The Kier molecular flexibility index (Phi) is 11.0. The molecular formula is C24H46O6Si2. The summed E-state index contributed by atoms with van der Waals surface area (Å²) in [6, 6.07) is 0. The summed E-state index contributed by atoms with van der Waals surface area (Å²) in [5, 5.41) is 0. The molecule has 0 bridgehead atoms. The summed E-state index contributed by atoms with van der Waals surface area (Å²) in [6.07, 6.45) is 3.68. The summed E-state index contributed by atoms with van der Waals surface area (Å²) in [5.74, 6) is 0.258. The topological polar surface area (TPSA) is 71.1 Å². The highest BCUT2D eigenvalue weighted by atomic mass is 28.4. The molecule has 0 heterocycles. The van der Waals surface area contributed by atoms with Gasteiger partial charge in [0.25, 0.3) is 5.95 Å². The molecule has 1 unspecified atom stereocenters. The molecule has 0 aliphatic carbocycles. The van der Waals surface area contributed by atoms with Crippen molar-refractivity contribution in [2.24, 2.45) is 5.92 Å². The van der Waals surface area contributed by atoms with Crippen molar-refractivity contribution in [3.8, 4) is 0 Å². The van der Waals surface area contributed by atoms with Crippen molar-refractivity contribution in [3.05, 3.63) is 23.9 Å². The third-order valence-corrected chi connectivity index (χ3v) is 4.92. The van der Waals surface area contributed by atoms with Gasteiger partial charge in [-0.25, -0.2) is 0 Å². The molecule has 8 heteroatoms. The van der Waals surface area contributed by atoms with Crippen molar-refractivity contribution in [2.75, 3.05) is 0 Å². The second-order valence-electron chi connectivity index (χ2n) is 12.2. The molecule has 0 aromatic heterocycles. The first-order valence-electron chi connectivity index (χ1n) is 11.3. The van der Waals surface area contributed by atoms with Crippen molar-refractivity contribution in [1.82, 2.24) is 0 Å². The van der Waals surface area contributed by atoms with Crippen LogP contribution < -0.4 is 0 Å². The summed E-state index contributed by atoms with van der Waals surface area (Å²) < 4.78 is 23.7. The van der Waals surface area contributed by atoms with Crippen LogP contribution in [-0.4, -0.2) is 39.6 Å². The number of ether oxygens (including phenoxy) is 2. The fourth-order valence-corrected chi connectivity index (χ4v) is 4.11. The number of rotatable bonds is 11. The first-order chi connectivity index (χ1) is 14.0. The summed E-state index contributed by atoms with van der Waals surface area (Å²) in [5.41, 5.74) is -1.03. The van der Waals surface area contributed by atoms with Gasteiger partial charge in [0.2, 0.25) is 16.6 Å². The normalized spacial score (nSPS) is 15.2. The Morgan fingerprint density at radius 1 is 0.812 bits per heavy atom. The molecule has 0 radical (unpaired) electrons. The predicted molar refractivity (Wildman–Crippen MR) is 135 cm³/mol. The summed E-state index contributed by atoms with van der Waals surface area (Å²) >= 11 is 0. The van der Waals surface area contributed by atoms with Crippen LogP contribution in [0.3, 0.4) is 0 Å². The van der Waals surface area contributed by atoms with Crippen molar-refractivity contribution in [3.63, 3.8) is 0 Å². The highest BCUT2D eigenvalue weighted by Gasteiger charge is 2.25. The fourth-order valence-electron chi connectivity index (χ4n) is 2.57. The Balaban J connectivity index is 5.67. The van der Waals surface area contributed by atoms with E-state index in [1.807, 2.05) is 33.8 Å². The van der Waals surface area contributed by atoms with Gasteiger partial charge < -0.3 is 18.3 Å². The molecule has 0 N–H and O–H groups in total. The maximum Gasteiger partial charge on any atom is 0.313 e. The van der Waals surface area contributed by atoms with Gasteiger partial charge in [0.05, 0.1) is 6.08 Å². The van der Waals surface area contributed by atoms with Gasteiger partial charge >= 0.3 is 5.97 Å². The van der Waals surface area contributed by atoms with Crippen molar-refractivity contribution >= 4 is 28.4 Å². The van der Waals surface area contributed by atoms with Crippen LogP contribution in [0.2, 0.25) is 39.3 Å². The van der Waals surface area contributed by atoms with Gasteiger partial charge in [-0.15, -0.1) is 0 Å². The van der Waals surface area contributed by atoms with Gasteiger partial charge in [0.15, 0.2) is 0 Å². The van der Waals surface area contributed by atoms with Crippen LogP contribution in [0, 0.1) is 5.92 Å². The molecule has 1 atom stereocenters. The smallest absolute Gasteiger partial charge is 0.313 e. The largest absolute Gasteiger partial charge is 0.544 e. The van der Waals surface area contributed by atoms with Crippen LogP contribution in [-0.2, 0) is 27.9 Å². The lowest BCUT2D eigenvalue weighted by molar-refractivity contribution is -0.156. The minimum Gasteiger partial charge on any atom is -0.544 e. The van der Waals surface area contributed by atoms with Crippen LogP contribution in [0.25, 0.3) is 0 Å². The third-order valence-electron chi connectivity index (χ3n) is 3.26. The molecule has 0 aromatic carbocycles. The molecule has 186 valence electrons. The Hall–Kier alpha value is -1.55. The molecule has 0 spiro atoms. The zero-order valence-electron chi connectivity index (χ0n) is 22.6. The standard InChI is InChI=1S/C24H46O6Si2/c1-18(14-19(25)16-21(26)27-23(2,3)4)15-20(29-31(8,9)10)17-22(28-24(5,6)7)30-32(11,12)13/h15,17-18H,14,16H2,1-13H3/b20-15+,22-17-. The van der Waals surface area contributed by atoms with Gasteiger partial charge in [-0.2, -0.15) is 0 Å². The highest BCUT2D eigenvalue weighted by Crippen LogP contribution is 2.24. The van der Waals surface area contributed by atoms with Crippen LogP contribution >= 0.6 is 0 Å². The molecule has 0 amide bonds. The Labute approximate surface area is 198 Å². The van der Waals surface area contributed by atoms with Gasteiger partial charge in [-0.3, -0.25) is 9.59 Å². The van der Waals surface area contributed by atoms with Crippen molar-refractivity contribution in [2.45, 2.75) is 112 Å². The number of hydrogen-bond acceptors (Lipinski definition) is 6. The molecule has 0 saturated carbocycles. The number of esters is 1. The quantitative estimate of drug-likeness (QED) is 0.108. The highest BCUT2D eigenvalue weighted by molar-refractivity contribution is 6.70. The Morgan fingerprint density at radius 3 is 1.69 bits per heavy atom. The van der Waals surface area contributed by atoms with E-state index in [9.17, 15) is 9.59 Å². The summed E-state index contributed by atoms with van der Waals surface area (Å²) in [6.45, 7) is 25.7. The molecule has 32 heavy (non-hydrogen) atoms. The second-order valence-corrected chi connectivity index (χ2v) is 21.0. The molecule has 0 aliphatic rings. The van der Waals surface area contributed by atoms with E-state index in [1.54, 1.807) is 26.8 Å². The maximum atomic E-state index is 12.4. The van der Waals surface area contributed by atoms with Gasteiger partial charge in [0.1, 0.15) is 29.2 Å². The number of carbonyl (C=O) groups is 2. The van der Waals surface area contributed by atoms with Crippen LogP contribution in [0.5, 0.6) is 0 Å². The molecule has 0 aliphatic heterocycles. The number of ketones is 1. The monoisotopic (exact) mass is 486 g/mol. The lowest BCUT2D eigenvalue weighted by Crippen LogP contribution is -2.30. The minimum absolute atomic E-state index is 0.129. The number of carbonyl (C=O) groups excluding carboxylic acids is 2. The van der Waals surface area contributed by atoms with Gasteiger partial charge in [-0.1, -0.05) is 6.92 Å². The summed E-state index contributed by atoms with van der Waals surface area (Å²) in [4.78, 5) is 24.3. The number of hydrogen-bond donors (Lipinski definition) is 0. The van der Waals surface area contributed by atoms with Crippen LogP contribution in [0.4, 0.5) is 0 Å². The maximum absolute atomic E-state index is 12.4. The van der Waals surface area contributed by atoms with Crippen LogP contribution in [0.15, 0.2) is 23.9 Å². The average Bonchev–Trinajstić information content (AvgIpc) is 2.37. The van der Waals surface area contributed by atoms with E-state index in [4.69, 9.17) is 18.3 Å². The SMILES string of the molecule is CC(/C=C(\C=C(\OC(C)(C)C)O[Si](C)(C)C)O[Si](C)(C)C)CC(=O)CC(=O)OC(C)(C)C. The van der Waals surface area contributed by atoms with E-state index in [2.05, 4.69) is 39.3 Å². The van der Waals surface area contributed by atoms with E-state index < -0.39 is 33.8 Å². The molecule has 0 rings (SSSR count). The zero-order chi connectivity index (χ0) is 25.5. The summed E-state index contributed by atoms with van der Waals surface area (Å²) in [7, 11) is -3.86. The molecule has 0 fully saturated rings. The van der Waals surface area contributed by atoms with E-state index in [-0.39, 0.29) is 24.5 Å². The Morgan fingerprint density at radius 2 is 1.28 bits per heavy atom. The lowest BCUT2D eigenvalue weighted by atomic mass is 10.0. The van der Waals surface area contributed by atoms with Crippen molar-refractivity contribution < 1.29 is 27.9 Å². The number of allylic oxidation sites excluding steroid dienone is 2. The lowest BCUT2D eigenvalue weighted by Gasteiger charge is -2.29.